The van der Waals surface area contributed by atoms with Crippen LogP contribution in [-0.2, 0) is 6.42 Å². The minimum atomic E-state index is 0.0612. The molecule has 0 radical (unpaired) electrons. The summed E-state index contributed by atoms with van der Waals surface area (Å²) in [4.78, 5) is 17.6. The number of nitrogens with zero attached hydrogens (tertiary/aromatic N) is 2. The highest BCUT2D eigenvalue weighted by molar-refractivity contribution is 7.09. The van der Waals surface area contributed by atoms with Crippen LogP contribution in [0.1, 0.15) is 17.7 Å². The van der Waals surface area contributed by atoms with Gasteiger partial charge in [0, 0.05) is 24.5 Å². The number of urea groups is 1. The van der Waals surface area contributed by atoms with Gasteiger partial charge in [-0.05, 0) is 50.8 Å². The van der Waals surface area contributed by atoms with Crippen molar-refractivity contribution in [2.75, 3.05) is 33.7 Å². The number of piperidine rings is 1. The summed E-state index contributed by atoms with van der Waals surface area (Å²) in [5.41, 5.74) is 0. The zero-order chi connectivity index (χ0) is 13.7. The van der Waals surface area contributed by atoms with Crippen LogP contribution in [0.15, 0.2) is 17.5 Å². The Hall–Kier alpha value is -1.07. The number of amides is 2. The molecule has 5 heteroatoms. The first kappa shape index (κ1) is 14.3. The first-order chi connectivity index (χ1) is 9.16. The van der Waals surface area contributed by atoms with Gasteiger partial charge in [0.25, 0.3) is 0 Å². The van der Waals surface area contributed by atoms with Crippen LogP contribution >= 0.6 is 11.3 Å². The molecule has 0 bridgehead atoms. The standard InChI is InChI=1S/C14H23N3OS/c1-16-9-6-12(7-10-16)17(2)14(18)15-8-5-13-4-3-11-19-13/h3-4,11-12H,5-10H2,1-2H3,(H,15,18). The van der Waals surface area contributed by atoms with E-state index in [4.69, 9.17) is 0 Å². The molecule has 1 saturated heterocycles. The Bertz CT molecular complexity index is 385. The average Bonchev–Trinajstić information content (AvgIpc) is 2.92. The molecule has 106 valence electrons. The third-order valence-electron chi connectivity index (χ3n) is 3.78. The zero-order valence-electron chi connectivity index (χ0n) is 11.8. The number of carbonyl (C=O) groups is 1. The van der Waals surface area contributed by atoms with E-state index in [1.165, 1.54) is 4.88 Å². The zero-order valence-corrected chi connectivity index (χ0v) is 12.6. The molecule has 0 unspecified atom stereocenters. The lowest BCUT2D eigenvalue weighted by Crippen LogP contribution is -2.48. The largest absolute Gasteiger partial charge is 0.338 e. The Morgan fingerprint density at radius 1 is 1.53 bits per heavy atom. The molecule has 1 aromatic rings. The summed E-state index contributed by atoms with van der Waals surface area (Å²) in [5.74, 6) is 0. The molecule has 1 N–H and O–H groups in total. The maximum absolute atomic E-state index is 12.1. The number of rotatable bonds is 4. The number of nitrogens with one attached hydrogen (secondary N) is 1. The summed E-state index contributed by atoms with van der Waals surface area (Å²) in [6, 6.07) is 4.60. The van der Waals surface area contributed by atoms with Crippen LogP contribution in [0.4, 0.5) is 4.79 Å². The van der Waals surface area contributed by atoms with E-state index in [0.29, 0.717) is 6.04 Å². The maximum atomic E-state index is 12.1. The lowest BCUT2D eigenvalue weighted by Gasteiger charge is -2.35. The summed E-state index contributed by atoms with van der Waals surface area (Å²) >= 11 is 1.74. The van der Waals surface area contributed by atoms with E-state index in [2.05, 4.69) is 28.7 Å². The van der Waals surface area contributed by atoms with Gasteiger partial charge in [0.1, 0.15) is 0 Å². The summed E-state index contributed by atoms with van der Waals surface area (Å²) in [5, 5.41) is 5.08. The Morgan fingerprint density at radius 2 is 2.26 bits per heavy atom. The van der Waals surface area contributed by atoms with Gasteiger partial charge in [-0.3, -0.25) is 0 Å². The van der Waals surface area contributed by atoms with Gasteiger partial charge in [0.05, 0.1) is 0 Å². The summed E-state index contributed by atoms with van der Waals surface area (Å²) in [6.45, 7) is 2.88. The van der Waals surface area contributed by atoms with E-state index in [0.717, 1.165) is 38.9 Å². The number of thiophene rings is 1. The molecule has 1 aliphatic heterocycles. The highest BCUT2D eigenvalue weighted by atomic mass is 32.1. The fourth-order valence-corrected chi connectivity index (χ4v) is 3.13. The summed E-state index contributed by atoms with van der Waals surface area (Å²) in [6.07, 6.45) is 3.07. The SMILES string of the molecule is CN1CCC(N(C)C(=O)NCCc2cccs2)CC1. The number of likely N-dealkylation sites (tertiary alicyclic amines) is 1. The van der Waals surface area contributed by atoms with Gasteiger partial charge in [-0.1, -0.05) is 6.07 Å². The molecule has 0 aliphatic carbocycles. The second-order valence-corrected chi connectivity index (χ2v) is 6.24. The molecule has 1 aromatic heterocycles. The molecule has 2 amide bonds. The van der Waals surface area contributed by atoms with Crippen LogP contribution < -0.4 is 5.32 Å². The Kier molecular flexibility index (Phi) is 5.22. The highest BCUT2D eigenvalue weighted by Crippen LogP contribution is 2.14. The van der Waals surface area contributed by atoms with Crippen molar-refractivity contribution in [3.05, 3.63) is 22.4 Å². The van der Waals surface area contributed by atoms with Crippen molar-refractivity contribution >= 4 is 17.4 Å². The topological polar surface area (TPSA) is 35.6 Å². The molecule has 1 fully saturated rings. The molecule has 1 aliphatic rings. The first-order valence-corrected chi connectivity index (χ1v) is 7.76. The smallest absolute Gasteiger partial charge is 0.317 e. The van der Waals surface area contributed by atoms with Gasteiger partial charge >= 0.3 is 6.03 Å². The lowest BCUT2D eigenvalue weighted by atomic mass is 10.0. The maximum Gasteiger partial charge on any atom is 0.317 e. The number of hydrogen-bond donors (Lipinski definition) is 1. The van der Waals surface area contributed by atoms with Gasteiger partial charge in [-0.25, -0.2) is 4.79 Å². The monoisotopic (exact) mass is 281 g/mol. The number of hydrogen-bond acceptors (Lipinski definition) is 3. The van der Waals surface area contributed by atoms with E-state index < -0.39 is 0 Å². The Morgan fingerprint density at radius 3 is 2.89 bits per heavy atom. The Labute approximate surface area is 119 Å². The number of carbonyl (C=O) groups excluding carboxylic acids is 1. The fourth-order valence-electron chi connectivity index (χ4n) is 2.42. The lowest BCUT2D eigenvalue weighted by molar-refractivity contribution is 0.148. The molecule has 2 rings (SSSR count). The van der Waals surface area contributed by atoms with E-state index in [1.807, 2.05) is 18.0 Å². The van der Waals surface area contributed by atoms with E-state index in [1.54, 1.807) is 11.3 Å². The van der Waals surface area contributed by atoms with Gasteiger partial charge in [0.15, 0.2) is 0 Å². The van der Waals surface area contributed by atoms with Crippen molar-refractivity contribution in [2.45, 2.75) is 25.3 Å². The Balaban J connectivity index is 1.70. The first-order valence-electron chi connectivity index (χ1n) is 6.88. The van der Waals surface area contributed by atoms with Crippen LogP contribution in [0.2, 0.25) is 0 Å². The van der Waals surface area contributed by atoms with Crippen LogP contribution in [-0.4, -0.2) is 55.6 Å². The predicted octanol–water partition coefficient (Wildman–Crippen LogP) is 2.03. The molecule has 0 saturated carbocycles. The van der Waals surface area contributed by atoms with Crippen LogP contribution in [0.5, 0.6) is 0 Å². The molecular formula is C14H23N3OS. The van der Waals surface area contributed by atoms with Gasteiger partial charge in [0.2, 0.25) is 0 Å². The van der Waals surface area contributed by atoms with Gasteiger partial charge in [-0.15, -0.1) is 11.3 Å². The second-order valence-electron chi connectivity index (χ2n) is 5.21. The predicted molar refractivity (Wildman–Crippen MR) is 79.7 cm³/mol. The minimum absolute atomic E-state index is 0.0612. The molecule has 0 aromatic carbocycles. The summed E-state index contributed by atoms with van der Waals surface area (Å²) < 4.78 is 0. The van der Waals surface area contributed by atoms with Crippen molar-refractivity contribution in [3.8, 4) is 0 Å². The van der Waals surface area contributed by atoms with E-state index >= 15 is 0 Å². The molecule has 0 spiro atoms. The third-order valence-corrected chi connectivity index (χ3v) is 4.72. The fraction of sp³-hybridized carbons (Fsp3) is 0.643. The molecule has 4 nitrogen and oxygen atoms in total. The molecular weight excluding hydrogens is 258 g/mol. The summed E-state index contributed by atoms with van der Waals surface area (Å²) in [7, 11) is 4.05. The van der Waals surface area contributed by atoms with Crippen molar-refractivity contribution in [2.24, 2.45) is 0 Å². The van der Waals surface area contributed by atoms with Crippen molar-refractivity contribution in [1.29, 1.82) is 0 Å². The van der Waals surface area contributed by atoms with Crippen LogP contribution in [0.25, 0.3) is 0 Å². The molecule has 0 atom stereocenters. The van der Waals surface area contributed by atoms with Gasteiger partial charge < -0.3 is 15.1 Å². The normalized spacial score (nSPS) is 17.4. The highest BCUT2D eigenvalue weighted by Gasteiger charge is 2.23. The average molecular weight is 281 g/mol. The molecule has 19 heavy (non-hydrogen) atoms. The van der Waals surface area contributed by atoms with Crippen molar-refractivity contribution in [3.63, 3.8) is 0 Å². The minimum Gasteiger partial charge on any atom is -0.338 e. The second kappa shape index (κ2) is 6.91. The van der Waals surface area contributed by atoms with E-state index in [-0.39, 0.29) is 6.03 Å². The quantitative estimate of drug-likeness (QED) is 0.916. The van der Waals surface area contributed by atoms with Crippen molar-refractivity contribution < 1.29 is 4.79 Å². The van der Waals surface area contributed by atoms with Crippen LogP contribution in [0, 0.1) is 0 Å². The van der Waals surface area contributed by atoms with Crippen molar-refractivity contribution in [1.82, 2.24) is 15.1 Å². The van der Waals surface area contributed by atoms with E-state index in [9.17, 15) is 4.79 Å². The van der Waals surface area contributed by atoms with Crippen LogP contribution in [0.3, 0.4) is 0 Å². The molecule has 2 heterocycles. The van der Waals surface area contributed by atoms with Gasteiger partial charge in [-0.2, -0.15) is 0 Å². The third kappa shape index (κ3) is 4.21.